The van der Waals surface area contributed by atoms with E-state index in [2.05, 4.69) is 16.0 Å². The van der Waals surface area contributed by atoms with E-state index in [0.29, 0.717) is 29.3 Å². The molecule has 8 heteroatoms. The first-order valence-corrected chi connectivity index (χ1v) is 10.3. The van der Waals surface area contributed by atoms with Gasteiger partial charge in [0.1, 0.15) is 6.04 Å². The second-order valence-electron chi connectivity index (χ2n) is 8.60. The lowest BCUT2D eigenvalue weighted by molar-refractivity contribution is -0.136. The van der Waals surface area contributed by atoms with E-state index in [1.807, 2.05) is 6.07 Å². The van der Waals surface area contributed by atoms with Gasteiger partial charge in [-0.2, -0.15) is 0 Å². The van der Waals surface area contributed by atoms with Gasteiger partial charge in [0, 0.05) is 31.1 Å². The number of rotatable bonds is 4. The Kier molecular flexibility index (Phi) is 4.29. The third-order valence-electron chi connectivity index (χ3n) is 6.65. The summed E-state index contributed by atoms with van der Waals surface area (Å²) in [7, 11) is 0. The summed E-state index contributed by atoms with van der Waals surface area (Å²) in [4.78, 5) is 50.1. The summed E-state index contributed by atoms with van der Waals surface area (Å²) in [6.07, 6.45) is 5.19. The maximum Gasteiger partial charge on any atom is 0.262 e. The van der Waals surface area contributed by atoms with E-state index in [1.54, 1.807) is 12.1 Å². The Hall–Kier alpha value is -2.58. The molecule has 0 radical (unpaired) electrons. The quantitative estimate of drug-likeness (QED) is 0.639. The highest BCUT2D eigenvalue weighted by atomic mass is 16.2. The number of fused-ring (bicyclic) bond motifs is 1. The molecule has 1 spiro atoms. The van der Waals surface area contributed by atoms with Gasteiger partial charge in [0.15, 0.2) is 0 Å². The van der Waals surface area contributed by atoms with Gasteiger partial charge in [-0.3, -0.25) is 29.4 Å². The summed E-state index contributed by atoms with van der Waals surface area (Å²) in [5, 5.41) is 9.38. The Balaban J connectivity index is 1.27. The molecule has 0 aromatic heterocycles. The predicted molar refractivity (Wildman–Crippen MR) is 103 cm³/mol. The number of nitrogens with zero attached hydrogens (tertiary/aromatic N) is 1. The van der Waals surface area contributed by atoms with Gasteiger partial charge in [0.25, 0.3) is 11.8 Å². The van der Waals surface area contributed by atoms with Gasteiger partial charge in [-0.25, -0.2) is 0 Å². The number of nitrogens with one attached hydrogen (secondary N) is 3. The number of hydrogen-bond donors (Lipinski definition) is 3. The minimum absolute atomic E-state index is 0.121. The molecule has 3 heterocycles. The number of amides is 4. The number of carbonyl (C=O) groups excluding carboxylic acids is 4. The van der Waals surface area contributed by atoms with Crippen molar-refractivity contribution in [1.29, 1.82) is 0 Å². The van der Waals surface area contributed by atoms with Crippen molar-refractivity contribution in [3.63, 3.8) is 0 Å². The van der Waals surface area contributed by atoms with Crippen molar-refractivity contribution in [3.8, 4) is 0 Å². The lowest BCUT2D eigenvalue weighted by Gasteiger charge is -2.30. The maximum atomic E-state index is 12.9. The zero-order valence-electron chi connectivity index (χ0n) is 16.1. The molecule has 2 unspecified atom stereocenters. The molecule has 4 amide bonds. The third-order valence-corrected chi connectivity index (χ3v) is 6.65. The Bertz CT molecular complexity index is 913. The average Bonchev–Trinajstić information content (AvgIpc) is 3.42. The second-order valence-corrected chi connectivity index (χ2v) is 8.60. The fourth-order valence-corrected chi connectivity index (χ4v) is 4.62. The molecule has 5 rings (SSSR count). The second kappa shape index (κ2) is 6.74. The molecule has 3 aliphatic heterocycles. The van der Waals surface area contributed by atoms with Crippen LogP contribution in [0.4, 0.5) is 0 Å². The van der Waals surface area contributed by atoms with Gasteiger partial charge in [-0.05, 0) is 49.8 Å². The largest absolute Gasteiger partial charge is 0.310 e. The summed E-state index contributed by atoms with van der Waals surface area (Å²) in [6, 6.07) is 4.73. The molecule has 1 aromatic rings. The van der Waals surface area contributed by atoms with Crippen molar-refractivity contribution in [2.24, 2.45) is 0 Å². The van der Waals surface area contributed by atoms with Gasteiger partial charge in [-0.15, -0.1) is 0 Å². The van der Waals surface area contributed by atoms with E-state index < -0.39 is 23.8 Å². The van der Waals surface area contributed by atoms with E-state index in [9.17, 15) is 19.2 Å². The van der Waals surface area contributed by atoms with Crippen LogP contribution in [0.25, 0.3) is 0 Å². The summed E-state index contributed by atoms with van der Waals surface area (Å²) in [5.41, 5.74) is 2.00. The molecule has 0 bridgehead atoms. The molecule has 152 valence electrons. The Morgan fingerprint density at radius 2 is 1.83 bits per heavy atom. The maximum absolute atomic E-state index is 12.9. The van der Waals surface area contributed by atoms with Crippen LogP contribution < -0.4 is 16.0 Å². The van der Waals surface area contributed by atoms with E-state index >= 15 is 0 Å². The third kappa shape index (κ3) is 3.26. The Morgan fingerprint density at radius 1 is 1.03 bits per heavy atom. The molecule has 2 saturated heterocycles. The highest BCUT2D eigenvalue weighted by Gasteiger charge is 2.45. The topological polar surface area (TPSA) is 108 Å². The first-order valence-electron chi connectivity index (χ1n) is 10.3. The predicted octanol–water partition coefficient (Wildman–Crippen LogP) is 0.462. The zero-order valence-corrected chi connectivity index (χ0v) is 16.1. The number of hydrogen-bond acceptors (Lipinski definition) is 6. The average molecular weight is 396 g/mol. The van der Waals surface area contributed by atoms with Crippen LogP contribution in [0.2, 0.25) is 0 Å². The van der Waals surface area contributed by atoms with Gasteiger partial charge in [0.05, 0.1) is 11.1 Å². The van der Waals surface area contributed by atoms with Crippen LogP contribution >= 0.6 is 0 Å². The van der Waals surface area contributed by atoms with Gasteiger partial charge < -0.3 is 10.6 Å². The van der Waals surface area contributed by atoms with Crippen LogP contribution in [0.1, 0.15) is 64.8 Å². The van der Waals surface area contributed by atoms with Crippen molar-refractivity contribution in [2.45, 2.75) is 62.7 Å². The minimum Gasteiger partial charge on any atom is -0.310 e. The number of piperidine rings is 2. The number of carbonyl (C=O) groups is 4. The van der Waals surface area contributed by atoms with Crippen molar-refractivity contribution in [3.05, 3.63) is 34.9 Å². The monoisotopic (exact) mass is 396 g/mol. The molecule has 4 aliphatic rings. The molecule has 29 heavy (non-hydrogen) atoms. The number of imide groups is 2. The summed E-state index contributed by atoms with van der Waals surface area (Å²) in [5.74, 6) is -1.89. The van der Waals surface area contributed by atoms with Crippen LogP contribution in [0.5, 0.6) is 0 Å². The molecule has 1 aliphatic carbocycles. The lowest BCUT2D eigenvalue weighted by Crippen LogP contribution is -2.54. The highest BCUT2D eigenvalue weighted by Crippen LogP contribution is 2.41. The fourth-order valence-electron chi connectivity index (χ4n) is 4.62. The summed E-state index contributed by atoms with van der Waals surface area (Å²) < 4.78 is 0. The minimum atomic E-state index is -0.926. The van der Waals surface area contributed by atoms with Gasteiger partial charge in [-0.1, -0.05) is 6.07 Å². The molecular formula is C21H24N4O4. The molecule has 3 fully saturated rings. The molecule has 3 N–H and O–H groups in total. The summed E-state index contributed by atoms with van der Waals surface area (Å²) >= 11 is 0. The van der Waals surface area contributed by atoms with Crippen molar-refractivity contribution in [2.75, 3.05) is 6.54 Å². The van der Waals surface area contributed by atoms with Crippen LogP contribution in [-0.2, 0) is 16.1 Å². The first kappa shape index (κ1) is 18.4. The summed E-state index contributed by atoms with van der Waals surface area (Å²) in [6.45, 7) is 1.57. The van der Waals surface area contributed by atoms with E-state index in [0.717, 1.165) is 23.4 Å². The highest BCUT2D eigenvalue weighted by molar-refractivity contribution is 6.23. The van der Waals surface area contributed by atoms with Gasteiger partial charge in [0.2, 0.25) is 11.8 Å². The molecule has 1 aromatic carbocycles. The number of benzene rings is 1. The van der Waals surface area contributed by atoms with E-state index in [1.165, 1.54) is 19.3 Å². The van der Waals surface area contributed by atoms with E-state index in [-0.39, 0.29) is 18.7 Å². The molecule has 1 saturated carbocycles. The van der Waals surface area contributed by atoms with Gasteiger partial charge >= 0.3 is 0 Å². The Morgan fingerprint density at radius 3 is 2.52 bits per heavy atom. The van der Waals surface area contributed by atoms with E-state index in [4.69, 9.17) is 0 Å². The zero-order chi connectivity index (χ0) is 20.2. The first-order chi connectivity index (χ1) is 14.0. The van der Waals surface area contributed by atoms with Crippen LogP contribution in [0, 0.1) is 0 Å². The lowest BCUT2D eigenvalue weighted by atomic mass is 9.98. The smallest absolute Gasteiger partial charge is 0.262 e. The SMILES string of the molecule is O=C1CCC(N2C(=O)c3ccc(CNC4CCC5(CC5)NC4)cc3C2=O)C(=O)N1. The van der Waals surface area contributed by atoms with Crippen LogP contribution in [0.3, 0.4) is 0 Å². The molecule has 8 nitrogen and oxygen atoms in total. The van der Waals surface area contributed by atoms with Crippen LogP contribution in [-0.4, -0.2) is 52.7 Å². The van der Waals surface area contributed by atoms with Crippen molar-refractivity contribution < 1.29 is 19.2 Å². The fraction of sp³-hybridized carbons (Fsp3) is 0.524. The van der Waals surface area contributed by atoms with Crippen LogP contribution in [0.15, 0.2) is 18.2 Å². The Labute approximate surface area is 168 Å². The standard InChI is InChI=1S/C21H24N4O4/c26-17-4-3-16(18(27)24-17)25-19(28)14-2-1-12(9-15(14)20(25)29)10-22-13-5-6-21(7-8-21)23-11-13/h1-2,9,13,16,22-23H,3-8,10-11H2,(H,24,26,27). The molecular weight excluding hydrogens is 372 g/mol. The van der Waals surface area contributed by atoms with Crippen molar-refractivity contribution >= 4 is 23.6 Å². The van der Waals surface area contributed by atoms with Crippen molar-refractivity contribution in [1.82, 2.24) is 20.9 Å². The molecule has 2 atom stereocenters. The normalized spacial score (nSPS) is 27.9.